The Balaban J connectivity index is 1.96. The minimum absolute atomic E-state index is 0.304. The van der Waals surface area contributed by atoms with E-state index in [0.29, 0.717) is 24.2 Å². The molecule has 0 aromatic heterocycles. The van der Waals surface area contributed by atoms with Crippen molar-refractivity contribution in [3.05, 3.63) is 29.8 Å². The maximum Gasteiger partial charge on any atom is 0.222 e. The van der Waals surface area contributed by atoms with Gasteiger partial charge in [-0.15, -0.1) is 0 Å². The van der Waals surface area contributed by atoms with Gasteiger partial charge in [0.05, 0.1) is 7.11 Å². The van der Waals surface area contributed by atoms with Crippen molar-refractivity contribution in [2.75, 3.05) is 20.2 Å². The van der Waals surface area contributed by atoms with Crippen LogP contribution in [0.2, 0.25) is 0 Å². The number of para-hydroxylation sites is 1. The monoisotopic (exact) mass is 275 g/mol. The molecule has 1 saturated heterocycles. The minimum Gasteiger partial charge on any atom is -0.496 e. The molecule has 0 aliphatic carbocycles. The van der Waals surface area contributed by atoms with E-state index in [1.54, 1.807) is 7.11 Å². The van der Waals surface area contributed by atoms with E-state index < -0.39 is 0 Å². The molecule has 0 N–H and O–H groups in total. The van der Waals surface area contributed by atoms with E-state index in [2.05, 4.69) is 26.0 Å². The van der Waals surface area contributed by atoms with E-state index >= 15 is 0 Å². The molecule has 1 fully saturated rings. The summed E-state index contributed by atoms with van der Waals surface area (Å²) in [4.78, 5) is 14.1. The lowest BCUT2D eigenvalue weighted by molar-refractivity contribution is -0.133. The normalized spacial score (nSPS) is 16.5. The zero-order valence-electron chi connectivity index (χ0n) is 12.8. The topological polar surface area (TPSA) is 29.5 Å². The fourth-order valence-electron chi connectivity index (χ4n) is 2.92. The van der Waals surface area contributed by atoms with Crippen LogP contribution in [-0.4, -0.2) is 31.0 Å². The average Bonchev–Trinajstić information content (AvgIpc) is 2.46. The molecule has 1 aliphatic rings. The molecule has 0 unspecified atom stereocenters. The van der Waals surface area contributed by atoms with Crippen molar-refractivity contribution < 1.29 is 9.53 Å². The molecule has 3 heteroatoms. The SMILES string of the molecule is COc1ccccc1C1CCN(C(=O)CC(C)C)CC1. The maximum atomic E-state index is 12.1. The van der Waals surface area contributed by atoms with Gasteiger partial charge in [0, 0.05) is 19.5 Å². The summed E-state index contributed by atoms with van der Waals surface area (Å²) in [7, 11) is 1.72. The molecule has 0 saturated carbocycles. The van der Waals surface area contributed by atoms with Gasteiger partial charge in [0.1, 0.15) is 5.75 Å². The van der Waals surface area contributed by atoms with Gasteiger partial charge < -0.3 is 9.64 Å². The number of nitrogens with zero attached hydrogens (tertiary/aromatic N) is 1. The highest BCUT2D eigenvalue weighted by Crippen LogP contribution is 2.34. The first-order chi connectivity index (χ1) is 9.61. The standard InChI is InChI=1S/C17H25NO2/c1-13(2)12-17(19)18-10-8-14(9-11-18)15-6-4-5-7-16(15)20-3/h4-7,13-14H,8-12H2,1-3H3. The van der Waals surface area contributed by atoms with E-state index in [1.165, 1.54) is 5.56 Å². The summed E-state index contributed by atoms with van der Waals surface area (Å²) in [6.07, 6.45) is 2.73. The third-order valence-corrected chi connectivity index (χ3v) is 4.01. The number of ether oxygens (including phenoxy) is 1. The van der Waals surface area contributed by atoms with Crippen molar-refractivity contribution in [1.29, 1.82) is 0 Å². The van der Waals surface area contributed by atoms with Crippen molar-refractivity contribution in [3.8, 4) is 5.75 Å². The third kappa shape index (κ3) is 3.53. The zero-order valence-corrected chi connectivity index (χ0v) is 12.8. The molecule has 0 atom stereocenters. The summed E-state index contributed by atoms with van der Waals surface area (Å²) in [5.74, 6) is 2.22. The van der Waals surface area contributed by atoms with Crippen LogP contribution in [-0.2, 0) is 4.79 Å². The number of hydrogen-bond donors (Lipinski definition) is 0. The second kappa shape index (κ2) is 6.78. The second-order valence-electron chi connectivity index (χ2n) is 5.99. The molecule has 1 aliphatic heterocycles. The highest BCUT2D eigenvalue weighted by Gasteiger charge is 2.25. The predicted octanol–water partition coefficient (Wildman–Crippen LogP) is 3.45. The van der Waals surface area contributed by atoms with Gasteiger partial charge in [-0.3, -0.25) is 4.79 Å². The number of carbonyl (C=O) groups is 1. The molecular formula is C17H25NO2. The third-order valence-electron chi connectivity index (χ3n) is 4.01. The lowest BCUT2D eigenvalue weighted by atomic mass is 9.88. The van der Waals surface area contributed by atoms with Crippen LogP contribution >= 0.6 is 0 Å². The van der Waals surface area contributed by atoms with E-state index in [0.717, 1.165) is 31.7 Å². The van der Waals surface area contributed by atoms with Crippen LogP contribution in [0.3, 0.4) is 0 Å². The van der Waals surface area contributed by atoms with Gasteiger partial charge in [0.25, 0.3) is 0 Å². The van der Waals surface area contributed by atoms with Crippen molar-refractivity contribution in [2.45, 2.75) is 39.0 Å². The maximum absolute atomic E-state index is 12.1. The van der Waals surface area contributed by atoms with E-state index in [-0.39, 0.29) is 0 Å². The van der Waals surface area contributed by atoms with Crippen LogP contribution in [0.4, 0.5) is 0 Å². The molecule has 1 aromatic rings. The smallest absolute Gasteiger partial charge is 0.222 e. The van der Waals surface area contributed by atoms with Gasteiger partial charge in [-0.2, -0.15) is 0 Å². The van der Waals surface area contributed by atoms with Gasteiger partial charge in [0.15, 0.2) is 0 Å². The molecule has 3 nitrogen and oxygen atoms in total. The number of likely N-dealkylation sites (tertiary alicyclic amines) is 1. The number of piperidine rings is 1. The van der Waals surface area contributed by atoms with E-state index in [1.807, 2.05) is 17.0 Å². The molecule has 1 amide bonds. The molecule has 2 rings (SSSR count). The largest absolute Gasteiger partial charge is 0.496 e. The summed E-state index contributed by atoms with van der Waals surface area (Å²) in [6.45, 7) is 5.93. The van der Waals surface area contributed by atoms with Crippen molar-refractivity contribution >= 4 is 5.91 Å². The van der Waals surface area contributed by atoms with Crippen LogP contribution in [0.1, 0.15) is 44.6 Å². The van der Waals surface area contributed by atoms with Crippen molar-refractivity contribution in [3.63, 3.8) is 0 Å². The quantitative estimate of drug-likeness (QED) is 0.842. The zero-order chi connectivity index (χ0) is 14.5. The molecular weight excluding hydrogens is 250 g/mol. The van der Waals surface area contributed by atoms with E-state index in [4.69, 9.17) is 4.74 Å². The minimum atomic E-state index is 0.304. The molecule has 0 radical (unpaired) electrons. The Kier molecular flexibility index (Phi) is 5.05. The van der Waals surface area contributed by atoms with Gasteiger partial charge in [0.2, 0.25) is 5.91 Å². The first kappa shape index (κ1) is 14.9. The lowest BCUT2D eigenvalue weighted by Crippen LogP contribution is -2.38. The van der Waals surface area contributed by atoms with Gasteiger partial charge in [-0.1, -0.05) is 32.0 Å². The Morgan fingerprint density at radius 1 is 1.30 bits per heavy atom. The molecule has 0 bridgehead atoms. The number of benzene rings is 1. The summed E-state index contributed by atoms with van der Waals surface area (Å²) in [5.41, 5.74) is 1.28. The molecule has 0 spiro atoms. The fourth-order valence-corrected chi connectivity index (χ4v) is 2.92. The van der Waals surface area contributed by atoms with Crippen LogP contribution in [0.15, 0.2) is 24.3 Å². The number of carbonyl (C=O) groups excluding carboxylic acids is 1. The first-order valence-electron chi connectivity index (χ1n) is 7.52. The summed E-state index contributed by atoms with van der Waals surface area (Å²) >= 11 is 0. The van der Waals surface area contributed by atoms with Gasteiger partial charge in [-0.05, 0) is 36.3 Å². The fraction of sp³-hybridized carbons (Fsp3) is 0.588. The Labute approximate surface area is 121 Å². The molecule has 20 heavy (non-hydrogen) atoms. The summed E-state index contributed by atoms with van der Waals surface area (Å²) in [5, 5.41) is 0. The van der Waals surface area contributed by atoms with Crippen LogP contribution in [0.25, 0.3) is 0 Å². The van der Waals surface area contributed by atoms with Gasteiger partial charge >= 0.3 is 0 Å². The van der Waals surface area contributed by atoms with Gasteiger partial charge in [-0.25, -0.2) is 0 Å². The van der Waals surface area contributed by atoms with Crippen molar-refractivity contribution in [2.24, 2.45) is 5.92 Å². The number of hydrogen-bond acceptors (Lipinski definition) is 2. The van der Waals surface area contributed by atoms with Crippen molar-refractivity contribution in [1.82, 2.24) is 4.90 Å². The Morgan fingerprint density at radius 3 is 2.55 bits per heavy atom. The summed E-state index contributed by atoms with van der Waals surface area (Å²) < 4.78 is 5.44. The Hall–Kier alpha value is -1.51. The van der Waals surface area contributed by atoms with Crippen LogP contribution < -0.4 is 4.74 Å². The molecule has 110 valence electrons. The Bertz CT molecular complexity index is 448. The summed E-state index contributed by atoms with van der Waals surface area (Å²) in [6, 6.07) is 8.23. The highest BCUT2D eigenvalue weighted by molar-refractivity contribution is 5.76. The predicted molar refractivity (Wildman–Crippen MR) is 81.0 cm³/mol. The molecule has 1 heterocycles. The van der Waals surface area contributed by atoms with Crippen LogP contribution in [0.5, 0.6) is 5.75 Å². The first-order valence-corrected chi connectivity index (χ1v) is 7.52. The number of amides is 1. The molecule has 1 aromatic carbocycles. The Morgan fingerprint density at radius 2 is 1.95 bits per heavy atom. The van der Waals surface area contributed by atoms with Crippen LogP contribution in [0, 0.1) is 5.92 Å². The number of methoxy groups -OCH3 is 1. The average molecular weight is 275 g/mol. The highest BCUT2D eigenvalue weighted by atomic mass is 16.5. The van der Waals surface area contributed by atoms with E-state index in [9.17, 15) is 4.79 Å². The number of rotatable bonds is 4. The lowest BCUT2D eigenvalue weighted by Gasteiger charge is -2.33. The second-order valence-corrected chi connectivity index (χ2v) is 5.99.